The Morgan fingerprint density at radius 3 is 2.85 bits per heavy atom. The number of aromatic nitrogens is 5. The molecule has 0 saturated heterocycles. The van der Waals surface area contributed by atoms with Gasteiger partial charge in [-0.2, -0.15) is 5.10 Å². The number of hydrogen-bond donors (Lipinski definition) is 3. The Hall–Kier alpha value is -4.06. The fraction of sp³-hybridized carbons (Fsp3) is 0.333. The second kappa shape index (κ2) is 9.61. The number of hydrogen-bond acceptors (Lipinski definition) is 9. The predicted molar refractivity (Wildman–Crippen MR) is 119 cm³/mol. The van der Waals surface area contributed by atoms with Gasteiger partial charge in [0.25, 0.3) is 5.91 Å². The van der Waals surface area contributed by atoms with Crippen LogP contribution in [0.3, 0.4) is 0 Å². The fourth-order valence-corrected chi connectivity index (χ4v) is 3.05. The Kier molecular flexibility index (Phi) is 4.82. The van der Waals surface area contributed by atoms with Crippen LogP contribution in [0.2, 0.25) is 0 Å². The first kappa shape index (κ1) is 16.6. The molecule has 1 aliphatic rings. The van der Waals surface area contributed by atoms with Crippen molar-refractivity contribution in [2.45, 2.75) is 19.7 Å². The van der Waals surface area contributed by atoms with E-state index in [0.29, 0.717) is 22.8 Å². The number of hydroxylamine groups is 1. The lowest BCUT2D eigenvalue weighted by molar-refractivity contribution is -0.117. The van der Waals surface area contributed by atoms with Crippen LogP contribution in [0.1, 0.15) is 37.0 Å². The molecular formula is C21H24N8O4. The van der Waals surface area contributed by atoms with Crippen LogP contribution in [-0.4, -0.2) is 50.4 Å². The van der Waals surface area contributed by atoms with Crippen molar-refractivity contribution in [2.24, 2.45) is 13.0 Å². The zero-order chi connectivity index (χ0) is 27.7. The molecule has 33 heavy (non-hydrogen) atoms. The van der Waals surface area contributed by atoms with Crippen LogP contribution in [0.4, 0.5) is 17.2 Å². The van der Waals surface area contributed by atoms with Crippen LogP contribution in [0, 0.1) is 5.92 Å². The molecule has 0 unspecified atom stereocenters. The number of amides is 2. The first-order chi connectivity index (χ1) is 17.9. The highest BCUT2D eigenvalue weighted by atomic mass is 16.6. The fourth-order valence-electron chi connectivity index (χ4n) is 3.05. The molecule has 0 radical (unpaired) electrons. The summed E-state index contributed by atoms with van der Waals surface area (Å²) in [6.07, 6.45) is 3.05. The molecule has 1 saturated carbocycles. The number of benzene rings is 1. The SMILES string of the molecule is [2H]C([2H])([2H])C([2H])([2H])ONC(=O)c1nnc(NC(=O)C2CC2)cc1Nc1cccc(-c2ncn(C)n2)c1OC. The van der Waals surface area contributed by atoms with E-state index in [1.54, 1.807) is 30.7 Å². The lowest BCUT2D eigenvalue weighted by Gasteiger charge is -2.16. The van der Waals surface area contributed by atoms with Gasteiger partial charge in [0.15, 0.2) is 23.1 Å². The highest BCUT2D eigenvalue weighted by Gasteiger charge is 2.30. The monoisotopic (exact) mass is 457 g/mol. The number of aryl methyl sites for hydroxylation is 1. The van der Waals surface area contributed by atoms with Gasteiger partial charge in [0.2, 0.25) is 5.91 Å². The number of nitrogens with zero attached hydrogens (tertiary/aromatic N) is 5. The first-order valence-electron chi connectivity index (χ1n) is 12.4. The van der Waals surface area contributed by atoms with E-state index in [1.165, 1.54) is 24.2 Å². The third kappa shape index (κ3) is 5.06. The first-order valence-corrected chi connectivity index (χ1v) is 9.86. The molecule has 2 amide bonds. The number of ether oxygens (including phenoxy) is 1. The van der Waals surface area contributed by atoms with Crippen LogP contribution in [-0.2, 0) is 16.7 Å². The molecule has 0 spiro atoms. The molecule has 172 valence electrons. The van der Waals surface area contributed by atoms with E-state index >= 15 is 0 Å². The summed E-state index contributed by atoms with van der Waals surface area (Å²) in [5.74, 6) is -0.667. The normalized spacial score (nSPS) is 15.9. The Bertz CT molecular complexity index is 1360. The molecular weight excluding hydrogens is 428 g/mol. The van der Waals surface area contributed by atoms with Gasteiger partial charge >= 0.3 is 0 Å². The minimum absolute atomic E-state index is 0.0334. The number of para-hydroxylation sites is 1. The zero-order valence-electron chi connectivity index (χ0n) is 22.7. The van der Waals surface area contributed by atoms with Gasteiger partial charge in [-0.15, -0.1) is 10.2 Å². The molecule has 0 aliphatic heterocycles. The number of anilines is 3. The van der Waals surface area contributed by atoms with Crippen molar-refractivity contribution >= 4 is 29.0 Å². The number of nitrogens with one attached hydrogen (secondary N) is 3. The summed E-state index contributed by atoms with van der Waals surface area (Å²) in [7, 11) is 3.16. The van der Waals surface area contributed by atoms with Crippen LogP contribution in [0.5, 0.6) is 5.75 Å². The van der Waals surface area contributed by atoms with Crippen LogP contribution in [0.25, 0.3) is 11.4 Å². The summed E-state index contributed by atoms with van der Waals surface area (Å²) in [6, 6.07) is 6.45. The number of carbonyl (C=O) groups excluding carboxylic acids is 2. The minimum Gasteiger partial charge on any atom is -0.494 e. The molecule has 3 N–H and O–H groups in total. The van der Waals surface area contributed by atoms with Crippen molar-refractivity contribution in [3.8, 4) is 17.1 Å². The molecule has 1 aliphatic carbocycles. The highest BCUT2D eigenvalue weighted by Crippen LogP contribution is 2.37. The van der Waals surface area contributed by atoms with Gasteiger partial charge in [-0.25, -0.2) is 10.5 Å². The van der Waals surface area contributed by atoms with E-state index in [0.717, 1.165) is 12.8 Å². The average Bonchev–Trinajstić information content (AvgIpc) is 3.62. The maximum Gasteiger partial charge on any atom is 0.297 e. The lowest BCUT2D eigenvalue weighted by Crippen LogP contribution is -2.26. The summed E-state index contributed by atoms with van der Waals surface area (Å²) < 4.78 is 43.8. The van der Waals surface area contributed by atoms with Gasteiger partial charge < -0.3 is 15.4 Å². The maximum atomic E-state index is 12.9. The van der Waals surface area contributed by atoms with Gasteiger partial charge in [0, 0.05) is 23.1 Å². The smallest absolute Gasteiger partial charge is 0.297 e. The Morgan fingerprint density at radius 1 is 1.30 bits per heavy atom. The van der Waals surface area contributed by atoms with Crippen molar-refractivity contribution < 1.29 is 26.0 Å². The topological polar surface area (TPSA) is 145 Å². The van der Waals surface area contributed by atoms with Crippen molar-refractivity contribution in [1.82, 2.24) is 30.4 Å². The second-order valence-electron chi connectivity index (χ2n) is 7.14. The van der Waals surface area contributed by atoms with Crippen molar-refractivity contribution in [3.63, 3.8) is 0 Å². The zero-order valence-corrected chi connectivity index (χ0v) is 17.7. The summed E-state index contributed by atoms with van der Waals surface area (Å²) in [6.45, 7) is -6.34. The van der Waals surface area contributed by atoms with E-state index < -0.39 is 19.3 Å². The number of carbonyl (C=O) groups is 2. The molecule has 0 atom stereocenters. The van der Waals surface area contributed by atoms with Crippen LogP contribution < -0.4 is 20.9 Å². The summed E-state index contributed by atoms with van der Waals surface area (Å²) >= 11 is 0. The minimum atomic E-state index is -3.17. The summed E-state index contributed by atoms with van der Waals surface area (Å²) in [5.41, 5.74) is 2.35. The van der Waals surface area contributed by atoms with E-state index in [2.05, 4.69) is 35.8 Å². The summed E-state index contributed by atoms with van der Waals surface area (Å²) in [4.78, 5) is 33.9. The molecule has 1 aromatic carbocycles. The quantitative estimate of drug-likeness (QED) is 0.411. The van der Waals surface area contributed by atoms with Gasteiger partial charge in [-0.05, 0) is 31.8 Å². The van der Waals surface area contributed by atoms with Crippen molar-refractivity contribution in [3.05, 3.63) is 36.3 Å². The van der Waals surface area contributed by atoms with Crippen LogP contribution in [0.15, 0.2) is 30.6 Å². The van der Waals surface area contributed by atoms with Crippen molar-refractivity contribution in [1.29, 1.82) is 0 Å². The Morgan fingerprint density at radius 2 is 2.15 bits per heavy atom. The summed E-state index contributed by atoms with van der Waals surface area (Å²) in [5, 5.41) is 17.7. The van der Waals surface area contributed by atoms with E-state index in [4.69, 9.17) is 11.6 Å². The highest BCUT2D eigenvalue weighted by molar-refractivity contribution is 5.99. The third-order valence-electron chi connectivity index (χ3n) is 4.73. The van der Waals surface area contributed by atoms with E-state index in [9.17, 15) is 9.59 Å². The molecule has 4 rings (SSSR count). The second-order valence-corrected chi connectivity index (χ2v) is 7.14. The van der Waals surface area contributed by atoms with Gasteiger partial charge in [0.1, 0.15) is 6.33 Å². The molecule has 2 heterocycles. The molecule has 2 aromatic heterocycles. The average molecular weight is 458 g/mol. The molecule has 3 aromatic rings. The van der Waals surface area contributed by atoms with Gasteiger partial charge in [-0.3, -0.25) is 19.1 Å². The van der Waals surface area contributed by atoms with Gasteiger partial charge in [-0.1, -0.05) is 6.07 Å². The standard InChI is InChI=1S/C21H24N8O4/c1-4-33-28-21(31)17-15(10-16(25-26-17)24-20(30)12-8-9-12)23-14-7-5-6-13(18(14)32-3)19-22-11-29(2)27-19/h5-7,10-12H,4,8-9H2,1-3H3,(H,28,31)(H2,23,24,25,30)/i1D3,4D2. The van der Waals surface area contributed by atoms with Crippen molar-refractivity contribution in [2.75, 3.05) is 24.3 Å². The van der Waals surface area contributed by atoms with E-state index in [-0.39, 0.29) is 29.0 Å². The van der Waals surface area contributed by atoms with Gasteiger partial charge in [0.05, 0.1) is 33.3 Å². The Balaban J connectivity index is 1.68. The molecule has 1 fully saturated rings. The van der Waals surface area contributed by atoms with E-state index in [1.807, 2.05) is 0 Å². The largest absolute Gasteiger partial charge is 0.494 e. The third-order valence-corrected chi connectivity index (χ3v) is 4.73. The van der Waals surface area contributed by atoms with Crippen LogP contribution >= 0.6 is 0 Å². The number of methoxy groups -OCH3 is 1. The maximum absolute atomic E-state index is 12.9. The molecule has 12 nitrogen and oxygen atoms in total. The predicted octanol–water partition coefficient (Wildman–Crippen LogP) is 2.05. The molecule has 0 bridgehead atoms. The lowest BCUT2D eigenvalue weighted by atomic mass is 10.1. The Labute approximate surface area is 196 Å². The number of rotatable bonds is 9. The molecule has 12 heteroatoms.